The van der Waals surface area contributed by atoms with Gasteiger partial charge in [0.05, 0.1) is 4.92 Å². The van der Waals surface area contributed by atoms with Crippen LogP contribution in [0.4, 0.5) is 5.69 Å². The van der Waals surface area contributed by atoms with Gasteiger partial charge in [0.1, 0.15) is 0 Å². The van der Waals surface area contributed by atoms with Crippen LogP contribution in [0.5, 0.6) is 11.5 Å². The summed E-state index contributed by atoms with van der Waals surface area (Å²) < 4.78 is 10.8. The monoisotopic (exact) mass is 355 g/mol. The second-order valence-corrected chi connectivity index (χ2v) is 6.63. The van der Waals surface area contributed by atoms with Gasteiger partial charge in [-0.15, -0.1) is 0 Å². The Bertz CT molecular complexity index is 803. The molecule has 0 saturated carbocycles. The molecule has 2 aromatic carbocycles. The second-order valence-electron chi connectivity index (χ2n) is 6.63. The van der Waals surface area contributed by atoms with E-state index in [1.54, 1.807) is 12.1 Å². The van der Waals surface area contributed by atoms with E-state index < -0.39 is 0 Å². The molecular weight excluding hydrogens is 334 g/mol. The van der Waals surface area contributed by atoms with Crippen molar-refractivity contribution >= 4 is 5.69 Å². The summed E-state index contributed by atoms with van der Waals surface area (Å²) in [7, 11) is 0. The molecule has 4 rings (SSSR count). The minimum Gasteiger partial charge on any atom is -0.454 e. The largest absolute Gasteiger partial charge is 0.454 e. The van der Waals surface area contributed by atoms with Gasteiger partial charge in [0.25, 0.3) is 5.69 Å². The zero-order valence-corrected chi connectivity index (χ0v) is 14.5. The lowest BCUT2D eigenvalue weighted by Gasteiger charge is -2.34. The average molecular weight is 355 g/mol. The van der Waals surface area contributed by atoms with Gasteiger partial charge in [0.2, 0.25) is 6.79 Å². The number of hydrogen-bond acceptors (Lipinski definition) is 6. The summed E-state index contributed by atoms with van der Waals surface area (Å²) in [5.74, 6) is 1.63. The van der Waals surface area contributed by atoms with E-state index in [0.717, 1.165) is 49.8 Å². The molecule has 1 fully saturated rings. The first-order chi connectivity index (χ1) is 12.7. The van der Waals surface area contributed by atoms with Crippen LogP contribution < -0.4 is 9.47 Å². The molecule has 136 valence electrons. The van der Waals surface area contributed by atoms with E-state index >= 15 is 0 Å². The third-order valence-electron chi connectivity index (χ3n) is 4.89. The van der Waals surface area contributed by atoms with Gasteiger partial charge in [-0.3, -0.25) is 19.9 Å². The minimum absolute atomic E-state index is 0.204. The number of nitro benzene ring substituents is 1. The van der Waals surface area contributed by atoms with Crippen LogP contribution >= 0.6 is 0 Å². The van der Waals surface area contributed by atoms with E-state index in [9.17, 15) is 10.1 Å². The fourth-order valence-electron chi connectivity index (χ4n) is 3.47. The summed E-state index contributed by atoms with van der Waals surface area (Å²) in [4.78, 5) is 15.5. The lowest BCUT2D eigenvalue weighted by molar-refractivity contribution is -0.385. The first-order valence-electron chi connectivity index (χ1n) is 8.74. The number of ether oxygens (including phenoxy) is 2. The zero-order valence-electron chi connectivity index (χ0n) is 14.5. The van der Waals surface area contributed by atoms with Crippen molar-refractivity contribution in [3.63, 3.8) is 0 Å². The van der Waals surface area contributed by atoms with Crippen LogP contribution in [-0.4, -0.2) is 47.7 Å². The number of nitro groups is 1. The molecule has 2 aliphatic heterocycles. The Balaban J connectivity index is 1.32. The Morgan fingerprint density at radius 1 is 0.923 bits per heavy atom. The number of nitrogens with zero attached hydrogens (tertiary/aromatic N) is 3. The molecule has 0 bridgehead atoms. The van der Waals surface area contributed by atoms with Crippen molar-refractivity contribution in [1.82, 2.24) is 9.80 Å². The number of benzene rings is 2. The lowest BCUT2D eigenvalue weighted by Crippen LogP contribution is -2.45. The molecule has 0 atom stereocenters. The van der Waals surface area contributed by atoms with Crippen LogP contribution in [0.15, 0.2) is 42.5 Å². The third kappa shape index (κ3) is 3.63. The summed E-state index contributed by atoms with van der Waals surface area (Å²) in [6.07, 6.45) is 0. The SMILES string of the molecule is O=[N+]([O-])c1ccccc1CN1CCN(Cc2ccc3c(c2)OCO3)CC1. The Labute approximate surface area is 151 Å². The molecule has 0 spiro atoms. The van der Waals surface area contributed by atoms with Crippen molar-refractivity contribution < 1.29 is 14.4 Å². The molecule has 2 aliphatic rings. The van der Waals surface area contributed by atoms with Crippen molar-refractivity contribution in [3.8, 4) is 11.5 Å². The van der Waals surface area contributed by atoms with Gasteiger partial charge in [0, 0.05) is 50.9 Å². The molecule has 0 N–H and O–H groups in total. The third-order valence-corrected chi connectivity index (χ3v) is 4.89. The van der Waals surface area contributed by atoms with E-state index in [0.29, 0.717) is 13.3 Å². The smallest absolute Gasteiger partial charge is 0.273 e. The average Bonchev–Trinajstić information content (AvgIpc) is 3.11. The van der Waals surface area contributed by atoms with Gasteiger partial charge in [-0.25, -0.2) is 0 Å². The fraction of sp³-hybridized carbons (Fsp3) is 0.368. The van der Waals surface area contributed by atoms with Crippen molar-refractivity contribution in [1.29, 1.82) is 0 Å². The topological polar surface area (TPSA) is 68.1 Å². The molecule has 0 radical (unpaired) electrons. The summed E-state index contributed by atoms with van der Waals surface area (Å²) in [6, 6.07) is 13.1. The number of rotatable bonds is 5. The molecule has 0 aromatic heterocycles. The van der Waals surface area contributed by atoms with Gasteiger partial charge in [-0.2, -0.15) is 0 Å². The quantitative estimate of drug-likeness (QED) is 0.607. The van der Waals surface area contributed by atoms with Crippen LogP contribution in [0, 0.1) is 10.1 Å². The van der Waals surface area contributed by atoms with Gasteiger partial charge in [0.15, 0.2) is 11.5 Å². The van der Waals surface area contributed by atoms with Gasteiger partial charge < -0.3 is 9.47 Å². The van der Waals surface area contributed by atoms with Gasteiger partial charge in [-0.05, 0) is 17.7 Å². The van der Waals surface area contributed by atoms with E-state index in [1.165, 1.54) is 5.56 Å². The predicted molar refractivity (Wildman–Crippen MR) is 96.2 cm³/mol. The maximum atomic E-state index is 11.2. The van der Waals surface area contributed by atoms with Crippen LogP contribution in [0.3, 0.4) is 0 Å². The Morgan fingerprint density at radius 3 is 2.38 bits per heavy atom. The molecule has 0 amide bonds. The van der Waals surface area contributed by atoms with Crippen LogP contribution in [-0.2, 0) is 13.1 Å². The Hall–Kier alpha value is -2.64. The molecule has 0 unspecified atom stereocenters. The number of para-hydroxylation sites is 1. The van der Waals surface area contributed by atoms with Crippen LogP contribution in [0.2, 0.25) is 0 Å². The van der Waals surface area contributed by atoms with E-state index in [4.69, 9.17) is 9.47 Å². The first-order valence-corrected chi connectivity index (χ1v) is 8.74. The molecular formula is C19H21N3O4. The number of hydrogen-bond donors (Lipinski definition) is 0. The van der Waals surface area contributed by atoms with Crippen LogP contribution in [0.25, 0.3) is 0 Å². The standard InChI is InChI=1S/C19H21N3O4/c23-22(24)17-4-2-1-3-16(17)13-21-9-7-20(8-10-21)12-15-5-6-18-19(11-15)26-14-25-18/h1-6,11H,7-10,12-14H2. The number of piperazine rings is 1. The summed E-state index contributed by atoms with van der Waals surface area (Å²) in [5.41, 5.74) is 2.19. The van der Waals surface area contributed by atoms with Crippen LogP contribution in [0.1, 0.15) is 11.1 Å². The highest BCUT2D eigenvalue weighted by Gasteiger charge is 2.21. The van der Waals surface area contributed by atoms with E-state index in [2.05, 4.69) is 15.9 Å². The van der Waals surface area contributed by atoms with Crippen molar-refractivity contribution in [2.75, 3.05) is 33.0 Å². The maximum absolute atomic E-state index is 11.2. The fourth-order valence-corrected chi connectivity index (χ4v) is 3.47. The highest BCUT2D eigenvalue weighted by atomic mass is 16.7. The molecule has 2 heterocycles. The van der Waals surface area contributed by atoms with Gasteiger partial charge in [-0.1, -0.05) is 24.3 Å². The maximum Gasteiger partial charge on any atom is 0.273 e. The van der Waals surface area contributed by atoms with Crippen molar-refractivity contribution in [2.24, 2.45) is 0 Å². The second kappa shape index (κ2) is 7.31. The zero-order chi connectivity index (χ0) is 17.9. The van der Waals surface area contributed by atoms with Crippen molar-refractivity contribution in [3.05, 3.63) is 63.7 Å². The molecule has 0 aliphatic carbocycles. The summed E-state index contributed by atoms with van der Waals surface area (Å²) >= 11 is 0. The molecule has 7 nitrogen and oxygen atoms in total. The predicted octanol–water partition coefficient (Wildman–Crippen LogP) is 2.64. The summed E-state index contributed by atoms with van der Waals surface area (Å²) in [5, 5.41) is 11.2. The molecule has 2 aromatic rings. The Kier molecular flexibility index (Phi) is 4.73. The highest BCUT2D eigenvalue weighted by Crippen LogP contribution is 2.32. The van der Waals surface area contributed by atoms with E-state index in [-0.39, 0.29) is 10.6 Å². The Morgan fingerprint density at radius 2 is 1.62 bits per heavy atom. The van der Waals surface area contributed by atoms with E-state index in [1.807, 2.05) is 24.3 Å². The van der Waals surface area contributed by atoms with Gasteiger partial charge >= 0.3 is 0 Å². The summed E-state index contributed by atoms with van der Waals surface area (Å²) in [6.45, 7) is 5.46. The number of fused-ring (bicyclic) bond motifs is 1. The minimum atomic E-state index is -0.300. The molecule has 26 heavy (non-hydrogen) atoms. The lowest BCUT2D eigenvalue weighted by atomic mass is 10.1. The molecule has 7 heteroatoms. The molecule has 1 saturated heterocycles. The normalized spacial score (nSPS) is 17.4. The highest BCUT2D eigenvalue weighted by molar-refractivity contribution is 5.44. The van der Waals surface area contributed by atoms with Crippen molar-refractivity contribution in [2.45, 2.75) is 13.1 Å². The first kappa shape index (κ1) is 16.8.